The Kier molecular flexibility index (Phi) is 11.1. The summed E-state index contributed by atoms with van der Waals surface area (Å²) in [6.07, 6.45) is 4.62. The van der Waals surface area contributed by atoms with Crippen molar-refractivity contribution in [3.63, 3.8) is 0 Å². The van der Waals surface area contributed by atoms with E-state index in [0.29, 0.717) is 67.0 Å². The van der Waals surface area contributed by atoms with Crippen molar-refractivity contribution < 1.29 is 31.8 Å². The van der Waals surface area contributed by atoms with Crippen LogP contribution in [0.3, 0.4) is 0 Å². The normalized spacial score (nSPS) is 17.6. The number of aryl methyl sites for hydroxylation is 1. The number of anilines is 1. The molecule has 2 aliphatic rings. The molecular weight excluding hydrogens is 644 g/mol. The molecule has 11 nitrogen and oxygen atoms in total. The molecule has 1 atom stereocenters. The minimum Gasteiger partial charge on any atom is -0.465 e. The predicted octanol–water partition coefficient (Wildman–Crippen LogP) is 5.72. The van der Waals surface area contributed by atoms with Crippen LogP contribution in [0.15, 0.2) is 54.1 Å². The van der Waals surface area contributed by atoms with Crippen LogP contribution in [0.4, 0.5) is 19.4 Å². The Morgan fingerprint density at radius 1 is 1.19 bits per heavy atom. The quantitative estimate of drug-likeness (QED) is 0.151. The number of nitrogens with one attached hydrogen (secondary N) is 1. The van der Waals surface area contributed by atoms with E-state index in [9.17, 15) is 18.0 Å². The van der Waals surface area contributed by atoms with Gasteiger partial charge in [0.05, 0.1) is 16.9 Å². The van der Waals surface area contributed by atoms with Gasteiger partial charge in [-0.1, -0.05) is 24.3 Å². The SMILES string of the molecule is C=CCCCOCCCn1c(=O)c(C2CCS(=O)(=O)CC2)cc2c(N[C@H](C)c3cccc(C(F)(F)CC4CN(C(=O)O)C4)c3)ncnc21. The number of alkyl halides is 2. The van der Waals surface area contributed by atoms with Gasteiger partial charge in [-0.2, -0.15) is 0 Å². The number of likely N-dealkylation sites (tertiary alicyclic amines) is 1. The van der Waals surface area contributed by atoms with Crippen LogP contribution >= 0.6 is 0 Å². The summed E-state index contributed by atoms with van der Waals surface area (Å²) in [5.74, 6) is -3.34. The molecule has 2 fully saturated rings. The first-order chi connectivity index (χ1) is 22.9. The van der Waals surface area contributed by atoms with Gasteiger partial charge in [0.2, 0.25) is 0 Å². The summed E-state index contributed by atoms with van der Waals surface area (Å²) in [4.78, 5) is 35.0. The highest BCUT2D eigenvalue weighted by molar-refractivity contribution is 7.91. The van der Waals surface area contributed by atoms with Crippen molar-refractivity contribution in [1.82, 2.24) is 19.4 Å². The Labute approximate surface area is 278 Å². The van der Waals surface area contributed by atoms with Gasteiger partial charge in [0.1, 0.15) is 27.6 Å². The largest absolute Gasteiger partial charge is 0.465 e. The van der Waals surface area contributed by atoms with Gasteiger partial charge in [-0.15, -0.1) is 6.58 Å². The smallest absolute Gasteiger partial charge is 0.407 e. The van der Waals surface area contributed by atoms with Crippen LogP contribution in [0.25, 0.3) is 11.0 Å². The number of hydrogen-bond acceptors (Lipinski definition) is 8. The molecule has 5 rings (SSSR count). The molecule has 4 heterocycles. The van der Waals surface area contributed by atoms with Crippen molar-refractivity contribution in [3.05, 3.63) is 76.4 Å². The molecule has 0 aliphatic carbocycles. The summed E-state index contributed by atoms with van der Waals surface area (Å²) >= 11 is 0. The molecule has 48 heavy (non-hydrogen) atoms. The van der Waals surface area contributed by atoms with Gasteiger partial charge in [0.25, 0.3) is 11.5 Å². The van der Waals surface area contributed by atoms with E-state index in [2.05, 4.69) is 21.9 Å². The number of allylic oxidation sites excluding steroid dienone is 1. The lowest BCUT2D eigenvalue weighted by atomic mass is 9.89. The Balaban J connectivity index is 1.39. The number of ether oxygens (including phenoxy) is 1. The molecule has 0 spiro atoms. The van der Waals surface area contributed by atoms with Gasteiger partial charge in [-0.05, 0) is 62.6 Å². The zero-order chi connectivity index (χ0) is 34.5. The van der Waals surface area contributed by atoms with Crippen molar-refractivity contribution in [2.75, 3.05) is 43.1 Å². The maximum absolute atomic E-state index is 15.3. The molecule has 2 N–H and O–H groups in total. The molecule has 260 valence electrons. The standard InChI is InChI=1S/C34H43F2N5O6S/c1-3-4-5-13-47-14-7-12-41-31-29(18-28(32(41)42)25-10-15-48(45,46)16-11-25)30(37-22-38-31)39-23(2)26-8-6-9-27(17-26)34(35,36)19-24-20-40(21-24)33(43)44/h3,6,8-9,17-18,22-25H,1,4-5,7,10-16,19-21H2,2H3,(H,43,44)(H,37,38,39)/t23-/m1/s1. The summed E-state index contributed by atoms with van der Waals surface area (Å²) in [6, 6.07) is 7.44. The zero-order valence-electron chi connectivity index (χ0n) is 27.1. The van der Waals surface area contributed by atoms with Crippen molar-refractivity contribution in [3.8, 4) is 0 Å². The molecule has 1 aromatic carbocycles. The number of halogens is 2. The molecule has 0 unspecified atom stereocenters. The van der Waals surface area contributed by atoms with Crippen LogP contribution in [0.1, 0.15) is 74.1 Å². The topological polar surface area (TPSA) is 144 Å². The fourth-order valence-corrected chi connectivity index (χ4v) is 7.93. The number of nitrogens with zero attached hydrogens (tertiary/aromatic N) is 4. The number of aromatic nitrogens is 3. The summed E-state index contributed by atoms with van der Waals surface area (Å²) in [5.41, 5.74) is 1.15. The Morgan fingerprint density at radius 2 is 1.92 bits per heavy atom. The molecule has 0 bridgehead atoms. The summed E-state index contributed by atoms with van der Waals surface area (Å²) in [5, 5.41) is 13.0. The first-order valence-corrected chi connectivity index (χ1v) is 18.2. The Bertz CT molecular complexity index is 1780. The van der Waals surface area contributed by atoms with Gasteiger partial charge in [0, 0.05) is 62.4 Å². The molecular formula is C34H43F2N5O6S. The first-order valence-electron chi connectivity index (χ1n) is 16.4. The van der Waals surface area contributed by atoms with Gasteiger partial charge < -0.3 is 20.1 Å². The van der Waals surface area contributed by atoms with Crippen LogP contribution in [0.2, 0.25) is 0 Å². The highest BCUT2D eigenvalue weighted by Gasteiger charge is 2.41. The van der Waals surface area contributed by atoms with Gasteiger partial charge in [-0.3, -0.25) is 9.36 Å². The van der Waals surface area contributed by atoms with Crippen LogP contribution in [0, 0.1) is 5.92 Å². The van der Waals surface area contributed by atoms with E-state index in [-0.39, 0.29) is 41.6 Å². The van der Waals surface area contributed by atoms with Crippen molar-refractivity contribution in [2.24, 2.45) is 5.92 Å². The van der Waals surface area contributed by atoms with Crippen LogP contribution in [-0.4, -0.2) is 76.9 Å². The second kappa shape index (κ2) is 15.1. The van der Waals surface area contributed by atoms with E-state index in [1.165, 1.54) is 18.5 Å². The second-order valence-electron chi connectivity index (χ2n) is 12.8. The van der Waals surface area contributed by atoms with Crippen molar-refractivity contribution in [1.29, 1.82) is 0 Å². The summed E-state index contributed by atoms with van der Waals surface area (Å²) < 4.78 is 62.3. The third kappa shape index (κ3) is 8.38. The minimum atomic E-state index is -3.14. The molecule has 2 saturated heterocycles. The van der Waals surface area contributed by atoms with Crippen LogP contribution < -0.4 is 10.9 Å². The Hall–Kier alpha value is -3.91. The number of rotatable bonds is 15. The average Bonchev–Trinajstić information content (AvgIpc) is 3.03. The lowest BCUT2D eigenvalue weighted by molar-refractivity contribution is -0.0528. The van der Waals surface area contributed by atoms with E-state index >= 15 is 8.78 Å². The second-order valence-corrected chi connectivity index (χ2v) is 15.1. The van der Waals surface area contributed by atoms with E-state index in [1.54, 1.807) is 22.8 Å². The van der Waals surface area contributed by atoms with E-state index in [4.69, 9.17) is 9.84 Å². The fraction of sp³-hybridized carbons (Fsp3) is 0.529. The van der Waals surface area contributed by atoms with Gasteiger partial charge in [0.15, 0.2) is 0 Å². The molecule has 2 aliphatic heterocycles. The predicted molar refractivity (Wildman–Crippen MR) is 179 cm³/mol. The van der Waals surface area contributed by atoms with Crippen LogP contribution in [-0.2, 0) is 27.0 Å². The molecule has 2 aromatic heterocycles. The summed E-state index contributed by atoms with van der Waals surface area (Å²) in [7, 11) is -3.14. The third-order valence-electron chi connectivity index (χ3n) is 9.21. The van der Waals surface area contributed by atoms with Gasteiger partial charge >= 0.3 is 6.09 Å². The highest BCUT2D eigenvalue weighted by atomic mass is 32.2. The summed E-state index contributed by atoms with van der Waals surface area (Å²) in [6.45, 7) is 7.10. The number of amides is 1. The van der Waals surface area contributed by atoms with Crippen molar-refractivity contribution in [2.45, 2.75) is 69.9 Å². The van der Waals surface area contributed by atoms with E-state index in [0.717, 1.165) is 17.7 Å². The number of benzene rings is 1. The van der Waals surface area contributed by atoms with E-state index < -0.39 is 40.2 Å². The molecule has 3 aromatic rings. The minimum absolute atomic E-state index is 0.0145. The lowest BCUT2D eigenvalue weighted by Crippen LogP contribution is -2.50. The zero-order valence-corrected chi connectivity index (χ0v) is 27.9. The average molecular weight is 688 g/mol. The molecule has 0 saturated carbocycles. The number of hydrogen-bond donors (Lipinski definition) is 2. The van der Waals surface area contributed by atoms with Crippen LogP contribution in [0.5, 0.6) is 0 Å². The number of carbonyl (C=O) groups is 1. The molecule has 1 amide bonds. The number of carboxylic acid groups (broad SMARTS) is 1. The van der Waals surface area contributed by atoms with Crippen molar-refractivity contribution >= 4 is 32.8 Å². The van der Waals surface area contributed by atoms with Gasteiger partial charge in [-0.25, -0.2) is 32.0 Å². The Morgan fingerprint density at radius 3 is 2.62 bits per heavy atom. The molecule has 14 heteroatoms. The third-order valence-corrected chi connectivity index (χ3v) is 10.9. The number of unbranched alkanes of at least 4 members (excludes halogenated alkanes) is 1. The fourth-order valence-electron chi connectivity index (χ4n) is 6.44. The highest BCUT2D eigenvalue weighted by Crippen LogP contribution is 2.39. The molecule has 0 radical (unpaired) electrons. The maximum atomic E-state index is 15.3. The first kappa shape index (κ1) is 35.4. The lowest BCUT2D eigenvalue weighted by Gasteiger charge is -2.38. The number of pyridine rings is 1. The van der Waals surface area contributed by atoms with E-state index in [1.807, 2.05) is 13.0 Å². The monoisotopic (exact) mass is 687 g/mol. The maximum Gasteiger partial charge on any atom is 0.407 e. The number of sulfone groups is 1. The number of fused-ring (bicyclic) bond motifs is 1.